The molecule has 3 fully saturated rings. The minimum absolute atomic E-state index is 0.143. The molecule has 1 saturated carbocycles. The number of carbonyl (C=O) groups excluding carboxylic acids is 1. The summed E-state index contributed by atoms with van der Waals surface area (Å²) in [7, 11) is 2.21. The Kier molecular flexibility index (Phi) is 4.78. The van der Waals surface area contributed by atoms with Crippen LogP contribution >= 0.6 is 0 Å². The van der Waals surface area contributed by atoms with Crippen molar-refractivity contribution in [2.45, 2.75) is 45.1 Å². The molecule has 5 nitrogen and oxygen atoms in total. The van der Waals surface area contributed by atoms with E-state index in [-0.39, 0.29) is 11.4 Å². The topological polar surface area (TPSA) is 45.7 Å². The quantitative estimate of drug-likeness (QED) is 0.813. The lowest BCUT2D eigenvalue weighted by Gasteiger charge is -2.58. The Morgan fingerprint density at radius 1 is 1.15 bits per heavy atom. The fraction of sp³-hybridized carbons (Fsp3) is 0.714. The maximum atomic E-state index is 12.9. The molecule has 0 radical (unpaired) electrons. The maximum absolute atomic E-state index is 12.9. The highest BCUT2D eigenvalue weighted by molar-refractivity contribution is 5.95. The molecule has 142 valence electrons. The van der Waals surface area contributed by atoms with E-state index in [0.717, 1.165) is 62.1 Å². The van der Waals surface area contributed by atoms with Gasteiger partial charge in [0.1, 0.15) is 0 Å². The number of amides is 1. The number of likely N-dealkylation sites (tertiary alicyclic amines) is 2. The van der Waals surface area contributed by atoms with Crippen LogP contribution in [0.4, 0.5) is 0 Å². The third kappa shape index (κ3) is 3.65. The maximum Gasteiger partial charge on any atom is 0.254 e. The Morgan fingerprint density at radius 2 is 1.81 bits per heavy atom. The zero-order valence-corrected chi connectivity index (χ0v) is 16.3. The first-order valence-corrected chi connectivity index (χ1v) is 9.99. The van der Waals surface area contributed by atoms with E-state index in [1.165, 1.54) is 19.3 Å². The summed E-state index contributed by atoms with van der Waals surface area (Å²) in [5.74, 6) is 1.61. The molecular formula is C21H31N3O2. The van der Waals surface area contributed by atoms with Gasteiger partial charge in [-0.25, -0.2) is 0 Å². The van der Waals surface area contributed by atoms with Crippen molar-refractivity contribution in [3.8, 4) is 0 Å². The number of nitrogens with zero attached hydrogens (tertiary/aromatic N) is 3. The second kappa shape index (κ2) is 6.93. The molecular weight excluding hydrogens is 326 g/mol. The van der Waals surface area contributed by atoms with Crippen molar-refractivity contribution in [3.05, 3.63) is 29.1 Å². The van der Waals surface area contributed by atoms with Crippen LogP contribution in [0.2, 0.25) is 0 Å². The van der Waals surface area contributed by atoms with Crippen molar-refractivity contribution in [3.63, 3.8) is 0 Å². The number of piperidine rings is 1. The van der Waals surface area contributed by atoms with Crippen molar-refractivity contribution in [1.29, 1.82) is 0 Å². The normalized spacial score (nSPS) is 25.3. The van der Waals surface area contributed by atoms with Crippen LogP contribution in [0.25, 0.3) is 0 Å². The van der Waals surface area contributed by atoms with E-state index in [4.69, 9.17) is 4.74 Å². The van der Waals surface area contributed by atoms with Crippen molar-refractivity contribution < 1.29 is 9.53 Å². The summed E-state index contributed by atoms with van der Waals surface area (Å²) in [6.45, 7) is 8.51. The molecule has 0 N–H and O–H groups in total. The van der Waals surface area contributed by atoms with Gasteiger partial charge in [-0.05, 0) is 77.1 Å². The molecule has 1 amide bonds. The van der Waals surface area contributed by atoms with Gasteiger partial charge in [-0.2, -0.15) is 0 Å². The van der Waals surface area contributed by atoms with Crippen LogP contribution in [-0.4, -0.2) is 66.1 Å². The van der Waals surface area contributed by atoms with E-state index < -0.39 is 0 Å². The van der Waals surface area contributed by atoms with Crippen LogP contribution in [0.5, 0.6) is 0 Å². The van der Waals surface area contributed by atoms with E-state index in [0.29, 0.717) is 5.92 Å². The average Bonchev–Trinajstić information content (AvgIpc) is 3.37. The Balaban J connectivity index is 1.35. The lowest BCUT2D eigenvalue weighted by molar-refractivity contribution is -0.0761. The summed E-state index contributed by atoms with van der Waals surface area (Å²) >= 11 is 0. The Morgan fingerprint density at radius 3 is 2.46 bits per heavy atom. The number of hydrogen-bond donors (Lipinski definition) is 0. The largest absolute Gasteiger partial charge is 0.381 e. The first-order valence-electron chi connectivity index (χ1n) is 9.99. The summed E-state index contributed by atoms with van der Waals surface area (Å²) in [4.78, 5) is 21.7. The predicted molar refractivity (Wildman–Crippen MR) is 101 cm³/mol. The van der Waals surface area contributed by atoms with Crippen molar-refractivity contribution >= 4 is 5.91 Å². The Bertz CT molecular complexity index is 660. The highest BCUT2D eigenvalue weighted by Crippen LogP contribution is 2.39. The van der Waals surface area contributed by atoms with Crippen molar-refractivity contribution in [2.75, 3.05) is 39.9 Å². The molecule has 2 saturated heterocycles. The molecule has 26 heavy (non-hydrogen) atoms. The van der Waals surface area contributed by atoms with Gasteiger partial charge in [0.05, 0.1) is 5.54 Å². The standard InChI is InChI=1S/C21H31N3O2/c1-15-8-19(9-16(2)22-15)20(25)24-13-21(14-24)10-18(6-7-23(21)3)12-26-11-17-4-5-17/h8-9,17-18H,4-7,10-14H2,1-3H3/t18-/m1/s1. The van der Waals surface area contributed by atoms with E-state index in [1.807, 2.05) is 30.9 Å². The molecule has 0 aromatic carbocycles. The van der Waals surface area contributed by atoms with Gasteiger partial charge in [0, 0.05) is 43.3 Å². The number of aromatic nitrogens is 1. The molecule has 4 rings (SSSR count). The number of ether oxygens (including phenoxy) is 1. The van der Waals surface area contributed by atoms with Crippen LogP contribution in [-0.2, 0) is 4.74 Å². The average molecular weight is 357 g/mol. The number of pyridine rings is 1. The van der Waals surface area contributed by atoms with Gasteiger partial charge in [-0.3, -0.25) is 14.7 Å². The predicted octanol–water partition coefficient (Wildman–Crippen LogP) is 2.66. The molecule has 0 bridgehead atoms. The second-order valence-electron chi connectivity index (χ2n) is 8.79. The molecule has 3 heterocycles. The number of carbonyl (C=O) groups is 1. The third-order valence-electron chi connectivity index (χ3n) is 6.34. The molecule has 1 atom stereocenters. The van der Waals surface area contributed by atoms with Gasteiger partial charge in [0.2, 0.25) is 0 Å². The highest BCUT2D eigenvalue weighted by Gasteiger charge is 2.51. The number of hydrogen-bond acceptors (Lipinski definition) is 4. The van der Waals surface area contributed by atoms with Gasteiger partial charge < -0.3 is 9.64 Å². The lowest BCUT2D eigenvalue weighted by Crippen LogP contribution is -2.72. The van der Waals surface area contributed by atoms with Crippen LogP contribution in [0, 0.1) is 25.7 Å². The fourth-order valence-corrected chi connectivity index (χ4v) is 4.56. The fourth-order valence-electron chi connectivity index (χ4n) is 4.56. The van der Waals surface area contributed by atoms with Crippen molar-refractivity contribution in [2.24, 2.45) is 11.8 Å². The monoisotopic (exact) mass is 357 g/mol. The van der Waals surface area contributed by atoms with Crippen LogP contribution < -0.4 is 0 Å². The van der Waals surface area contributed by atoms with E-state index >= 15 is 0 Å². The minimum Gasteiger partial charge on any atom is -0.381 e. The Hall–Kier alpha value is -1.46. The molecule has 1 aromatic rings. The smallest absolute Gasteiger partial charge is 0.254 e. The third-order valence-corrected chi connectivity index (χ3v) is 6.34. The number of rotatable bonds is 5. The van der Waals surface area contributed by atoms with Gasteiger partial charge in [-0.1, -0.05) is 0 Å². The highest BCUT2D eigenvalue weighted by atomic mass is 16.5. The number of likely N-dealkylation sites (N-methyl/N-ethyl adjacent to an activating group) is 1. The lowest BCUT2D eigenvalue weighted by atomic mass is 9.75. The van der Waals surface area contributed by atoms with Gasteiger partial charge >= 0.3 is 0 Å². The van der Waals surface area contributed by atoms with E-state index in [2.05, 4.69) is 16.9 Å². The van der Waals surface area contributed by atoms with E-state index in [1.54, 1.807) is 0 Å². The summed E-state index contributed by atoms with van der Waals surface area (Å²) in [6.07, 6.45) is 5.05. The van der Waals surface area contributed by atoms with Gasteiger partial charge in [0.15, 0.2) is 0 Å². The molecule has 3 aliphatic rings. The molecule has 2 aliphatic heterocycles. The summed E-state index contributed by atoms with van der Waals surface area (Å²) < 4.78 is 5.96. The summed E-state index contributed by atoms with van der Waals surface area (Å²) in [6, 6.07) is 3.80. The molecule has 5 heteroatoms. The van der Waals surface area contributed by atoms with E-state index in [9.17, 15) is 4.79 Å². The van der Waals surface area contributed by atoms with Crippen molar-refractivity contribution in [1.82, 2.24) is 14.8 Å². The Labute approximate surface area is 156 Å². The van der Waals surface area contributed by atoms with Gasteiger partial charge in [-0.15, -0.1) is 0 Å². The van der Waals surface area contributed by atoms with Gasteiger partial charge in [0.25, 0.3) is 5.91 Å². The van der Waals surface area contributed by atoms with Crippen LogP contribution in [0.3, 0.4) is 0 Å². The minimum atomic E-state index is 0.143. The molecule has 1 aromatic heterocycles. The molecule has 1 aliphatic carbocycles. The first-order chi connectivity index (χ1) is 12.4. The molecule has 1 spiro atoms. The second-order valence-corrected chi connectivity index (χ2v) is 8.79. The summed E-state index contributed by atoms with van der Waals surface area (Å²) in [5, 5.41) is 0. The zero-order valence-electron chi connectivity index (χ0n) is 16.3. The zero-order chi connectivity index (χ0) is 18.3. The SMILES string of the molecule is Cc1cc(C(=O)N2CC3(C[C@H](COCC4CC4)CCN3C)C2)cc(C)n1. The molecule has 0 unspecified atom stereocenters. The number of aryl methyl sites for hydroxylation is 2. The first kappa shape index (κ1) is 17.9. The summed E-state index contributed by atoms with van der Waals surface area (Å²) in [5.41, 5.74) is 2.74. The van der Waals surface area contributed by atoms with Crippen LogP contribution in [0.15, 0.2) is 12.1 Å². The van der Waals surface area contributed by atoms with Crippen LogP contribution in [0.1, 0.15) is 47.4 Å².